The van der Waals surface area contributed by atoms with Gasteiger partial charge in [-0.25, -0.2) is 0 Å². The van der Waals surface area contributed by atoms with E-state index in [9.17, 15) is 4.79 Å². The molecule has 0 bridgehead atoms. The van der Waals surface area contributed by atoms with E-state index in [1.165, 1.54) is 0 Å². The molecule has 2 rings (SSSR count). The summed E-state index contributed by atoms with van der Waals surface area (Å²) in [5.74, 6) is -0.158. The Morgan fingerprint density at radius 3 is 2.85 bits per heavy atom. The maximum absolute atomic E-state index is 11.4. The van der Waals surface area contributed by atoms with Crippen LogP contribution in [-0.4, -0.2) is 5.91 Å². The van der Waals surface area contributed by atoms with Crippen molar-refractivity contribution in [1.82, 2.24) is 0 Å². The molecule has 0 fully saturated rings. The maximum atomic E-state index is 11.4. The monoisotopic (exact) mass is 240 g/mol. The summed E-state index contributed by atoms with van der Waals surface area (Å²) < 4.78 is 0.868. The number of nitrogens with one attached hydrogen (secondary N) is 1. The zero-order chi connectivity index (χ0) is 9.64. The minimum atomic E-state index is -0.904. The number of anilines is 1. The van der Waals surface area contributed by atoms with Crippen LogP contribution >= 0.6 is 15.9 Å². The Bertz CT molecular complexity index is 387. The molecule has 0 saturated carbocycles. The smallest absolute Gasteiger partial charge is 0.248 e. The molecule has 0 saturated heterocycles. The molecule has 0 unspecified atom stereocenters. The maximum Gasteiger partial charge on any atom is 0.248 e. The molecule has 1 aromatic carbocycles. The number of nitrogens with two attached hydrogens (primary N) is 1. The van der Waals surface area contributed by atoms with Gasteiger partial charge in [0.25, 0.3) is 0 Å². The van der Waals surface area contributed by atoms with E-state index in [0.29, 0.717) is 0 Å². The summed E-state index contributed by atoms with van der Waals surface area (Å²) in [7, 11) is 0. The topological polar surface area (TPSA) is 55.1 Å². The molecule has 0 aliphatic carbocycles. The van der Waals surface area contributed by atoms with Crippen molar-refractivity contribution < 1.29 is 4.79 Å². The first-order chi connectivity index (χ1) is 6.03. The quantitative estimate of drug-likeness (QED) is 0.724. The Kier molecular flexibility index (Phi) is 1.72. The highest BCUT2D eigenvalue weighted by Gasteiger charge is 2.39. The Morgan fingerprint density at radius 1 is 1.54 bits per heavy atom. The van der Waals surface area contributed by atoms with Crippen molar-refractivity contribution in [3.8, 4) is 0 Å². The largest absolute Gasteiger partial charge is 0.323 e. The van der Waals surface area contributed by atoms with Crippen LogP contribution in [0.4, 0.5) is 5.69 Å². The Balaban J connectivity index is 2.68. The summed E-state index contributed by atoms with van der Waals surface area (Å²) in [5.41, 5.74) is 6.59. The van der Waals surface area contributed by atoms with Crippen LogP contribution in [0.2, 0.25) is 0 Å². The first kappa shape index (κ1) is 8.72. The molecule has 4 heteroatoms. The highest BCUT2D eigenvalue weighted by molar-refractivity contribution is 9.10. The van der Waals surface area contributed by atoms with Gasteiger partial charge in [0.1, 0.15) is 5.54 Å². The van der Waals surface area contributed by atoms with E-state index >= 15 is 0 Å². The molecule has 0 radical (unpaired) electrons. The number of benzene rings is 1. The highest BCUT2D eigenvalue weighted by atomic mass is 79.9. The average Bonchev–Trinajstić information content (AvgIpc) is 2.28. The van der Waals surface area contributed by atoms with Gasteiger partial charge < -0.3 is 11.1 Å². The number of para-hydroxylation sites is 1. The fraction of sp³-hybridized carbons (Fsp3) is 0.222. The fourth-order valence-electron chi connectivity index (χ4n) is 1.45. The van der Waals surface area contributed by atoms with Gasteiger partial charge in [-0.1, -0.05) is 12.1 Å². The van der Waals surface area contributed by atoms with E-state index in [-0.39, 0.29) is 5.91 Å². The second-order valence-electron chi connectivity index (χ2n) is 3.32. The third-order valence-electron chi connectivity index (χ3n) is 2.28. The van der Waals surface area contributed by atoms with Gasteiger partial charge in [-0.2, -0.15) is 0 Å². The lowest BCUT2D eigenvalue weighted by Crippen LogP contribution is -2.40. The van der Waals surface area contributed by atoms with Crippen molar-refractivity contribution in [1.29, 1.82) is 0 Å². The molecule has 0 aromatic heterocycles. The molecule has 0 spiro atoms. The Hall–Kier alpha value is -0.870. The van der Waals surface area contributed by atoms with E-state index in [0.717, 1.165) is 15.7 Å². The average molecular weight is 241 g/mol. The standard InChI is InChI=1S/C9H9BrN2O/c1-9(11)5-3-2-4-6(10)7(5)12-8(9)13/h2-4H,11H2,1H3,(H,12,13)/t9-/m0/s1. The van der Waals surface area contributed by atoms with E-state index in [2.05, 4.69) is 21.2 Å². The summed E-state index contributed by atoms with van der Waals surface area (Å²) in [4.78, 5) is 11.4. The van der Waals surface area contributed by atoms with Crippen LogP contribution in [0.3, 0.4) is 0 Å². The van der Waals surface area contributed by atoms with Crippen LogP contribution in [0.25, 0.3) is 0 Å². The first-order valence-electron chi connectivity index (χ1n) is 3.93. The van der Waals surface area contributed by atoms with Gasteiger partial charge in [0.05, 0.1) is 5.69 Å². The number of fused-ring (bicyclic) bond motifs is 1. The third-order valence-corrected chi connectivity index (χ3v) is 2.94. The number of halogens is 1. The second-order valence-corrected chi connectivity index (χ2v) is 4.17. The van der Waals surface area contributed by atoms with Crippen molar-refractivity contribution in [2.75, 3.05) is 5.32 Å². The van der Waals surface area contributed by atoms with E-state index in [4.69, 9.17) is 5.73 Å². The van der Waals surface area contributed by atoms with Crippen LogP contribution in [0.5, 0.6) is 0 Å². The lowest BCUT2D eigenvalue weighted by atomic mass is 9.95. The van der Waals surface area contributed by atoms with E-state index in [1.807, 2.05) is 18.2 Å². The minimum absolute atomic E-state index is 0.158. The molecular weight excluding hydrogens is 232 g/mol. The zero-order valence-electron chi connectivity index (χ0n) is 7.10. The summed E-state index contributed by atoms with van der Waals surface area (Å²) in [6.07, 6.45) is 0. The number of hydrogen-bond acceptors (Lipinski definition) is 2. The predicted octanol–water partition coefficient (Wildman–Crippen LogP) is 1.58. The second kappa shape index (κ2) is 2.56. The number of rotatable bonds is 0. The molecule has 3 nitrogen and oxygen atoms in total. The van der Waals surface area contributed by atoms with Gasteiger partial charge >= 0.3 is 0 Å². The molecular formula is C9H9BrN2O. The minimum Gasteiger partial charge on any atom is -0.323 e. The number of hydrogen-bond donors (Lipinski definition) is 2. The third kappa shape index (κ3) is 1.09. The van der Waals surface area contributed by atoms with Gasteiger partial charge in [0.2, 0.25) is 5.91 Å². The van der Waals surface area contributed by atoms with Crippen LogP contribution < -0.4 is 11.1 Å². The molecule has 1 amide bonds. The molecule has 13 heavy (non-hydrogen) atoms. The van der Waals surface area contributed by atoms with Crippen molar-refractivity contribution >= 4 is 27.5 Å². The fourth-order valence-corrected chi connectivity index (χ4v) is 1.91. The molecule has 1 aromatic rings. The van der Waals surface area contributed by atoms with Gasteiger partial charge in [0, 0.05) is 10.0 Å². The van der Waals surface area contributed by atoms with E-state index < -0.39 is 5.54 Å². The van der Waals surface area contributed by atoms with Gasteiger partial charge in [0.15, 0.2) is 0 Å². The van der Waals surface area contributed by atoms with Crippen molar-refractivity contribution in [3.05, 3.63) is 28.2 Å². The SMILES string of the molecule is C[C@@]1(N)C(=O)Nc2c(Br)cccc21. The van der Waals surface area contributed by atoms with Gasteiger partial charge in [-0.15, -0.1) is 0 Å². The van der Waals surface area contributed by atoms with Gasteiger partial charge in [-0.3, -0.25) is 4.79 Å². The number of carbonyl (C=O) groups excluding carboxylic acids is 1. The predicted molar refractivity (Wildman–Crippen MR) is 54.3 cm³/mol. The normalized spacial score (nSPS) is 25.6. The zero-order valence-corrected chi connectivity index (χ0v) is 8.68. The van der Waals surface area contributed by atoms with Gasteiger partial charge in [-0.05, 0) is 28.9 Å². The first-order valence-corrected chi connectivity index (χ1v) is 4.72. The summed E-state index contributed by atoms with van der Waals surface area (Å²) in [6, 6.07) is 5.60. The van der Waals surface area contributed by atoms with Crippen LogP contribution in [0.1, 0.15) is 12.5 Å². The molecule has 1 heterocycles. The molecule has 1 aliphatic heterocycles. The van der Waals surface area contributed by atoms with Crippen LogP contribution in [0, 0.1) is 0 Å². The molecule has 68 valence electrons. The Morgan fingerprint density at radius 2 is 2.23 bits per heavy atom. The van der Waals surface area contributed by atoms with Crippen LogP contribution in [0.15, 0.2) is 22.7 Å². The lowest BCUT2D eigenvalue weighted by molar-refractivity contribution is -0.120. The van der Waals surface area contributed by atoms with Crippen LogP contribution in [-0.2, 0) is 10.3 Å². The summed E-state index contributed by atoms with van der Waals surface area (Å²) in [5, 5.41) is 2.75. The summed E-state index contributed by atoms with van der Waals surface area (Å²) in [6.45, 7) is 1.71. The molecule has 3 N–H and O–H groups in total. The van der Waals surface area contributed by atoms with Crippen molar-refractivity contribution in [3.63, 3.8) is 0 Å². The van der Waals surface area contributed by atoms with E-state index in [1.54, 1.807) is 6.92 Å². The lowest BCUT2D eigenvalue weighted by Gasteiger charge is -2.14. The molecule has 1 aliphatic rings. The number of amides is 1. The van der Waals surface area contributed by atoms with Crippen molar-refractivity contribution in [2.45, 2.75) is 12.5 Å². The molecule has 1 atom stereocenters. The highest BCUT2D eigenvalue weighted by Crippen LogP contribution is 2.38. The summed E-state index contributed by atoms with van der Waals surface area (Å²) >= 11 is 3.36. The van der Waals surface area contributed by atoms with Crippen molar-refractivity contribution in [2.24, 2.45) is 5.73 Å². The number of carbonyl (C=O) groups is 1. The Labute approximate surface area is 84.4 Å².